The Kier molecular flexibility index (Phi) is 9.66. The number of thiol groups is 1. The Hall–Kier alpha value is -1.42. The molecule has 0 saturated heterocycles. The highest BCUT2D eigenvalue weighted by Crippen LogP contribution is 2.26. The van der Waals surface area contributed by atoms with Crippen molar-refractivity contribution in [2.45, 2.75) is 49.0 Å². The van der Waals surface area contributed by atoms with Crippen LogP contribution in [0.1, 0.15) is 38.5 Å². The Bertz CT molecular complexity index is 387. The van der Waals surface area contributed by atoms with Gasteiger partial charge in [-0.1, -0.05) is 0 Å². The number of hydrogen-bond acceptors (Lipinski definition) is 5. The number of rotatable bonds is 12. The van der Waals surface area contributed by atoms with Crippen molar-refractivity contribution >= 4 is 45.5 Å². The van der Waals surface area contributed by atoms with Gasteiger partial charge in [0.1, 0.15) is 0 Å². The van der Waals surface area contributed by atoms with Crippen LogP contribution in [0.15, 0.2) is 0 Å². The molecule has 0 radical (unpaired) electrons. The van der Waals surface area contributed by atoms with Crippen LogP contribution in [0.3, 0.4) is 0 Å². The standard InChI is InChI=1S/C12H18O8S2/c13-9(14)5-1-3-7(11(17)18)22(21)8(12(19)20)4-2-6-10(15)16/h7-8,21H,1-6H2,(H3-,13,14,15,16,17,18,19,20)/p+1. The number of carboxylic acid groups (broad SMARTS) is 4. The van der Waals surface area contributed by atoms with Gasteiger partial charge in [0.2, 0.25) is 10.5 Å². The zero-order valence-corrected chi connectivity index (χ0v) is 13.4. The van der Waals surface area contributed by atoms with E-state index in [1.54, 1.807) is 0 Å². The Morgan fingerprint density at radius 3 is 1.32 bits per heavy atom. The summed E-state index contributed by atoms with van der Waals surface area (Å²) in [5.74, 6) is -4.57. The summed E-state index contributed by atoms with van der Waals surface area (Å²) in [6, 6.07) is 0. The van der Waals surface area contributed by atoms with Crippen molar-refractivity contribution in [2.75, 3.05) is 0 Å². The van der Waals surface area contributed by atoms with Gasteiger partial charge < -0.3 is 20.4 Å². The molecule has 0 amide bonds. The minimum absolute atomic E-state index is 0.0109. The van der Waals surface area contributed by atoms with Crippen LogP contribution >= 0.6 is 11.7 Å². The average molecular weight is 355 g/mol. The highest BCUT2D eigenvalue weighted by atomic mass is 33.1. The van der Waals surface area contributed by atoms with Crippen LogP contribution < -0.4 is 0 Å². The predicted octanol–water partition coefficient (Wildman–Crippen LogP) is 0.866. The van der Waals surface area contributed by atoms with Crippen molar-refractivity contribution < 1.29 is 39.6 Å². The Labute approximate surface area is 134 Å². The van der Waals surface area contributed by atoms with Gasteiger partial charge in [0.15, 0.2) is 0 Å². The lowest BCUT2D eigenvalue weighted by Gasteiger charge is -2.16. The second-order valence-electron chi connectivity index (χ2n) is 4.57. The third-order valence-corrected chi connectivity index (χ3v) is 6.42. The first-order valence-electron chi connectivity index (χ1n) is 6.47. The van der Waals surface area contributed by atoms with Gasteiger partial charge in [0, 0.05) is 25.7 Å². The van der Waals surface area contributed by atoms with Gasteiger partial charge in [0.05, 0.1) is 21.6 Å². The molecule has 0 saturated carbocycles. The first-order chi connectivity index (χ1) is 10.2. The van der Waals surface area contributed by atoms with Crippen LogP contribution in [0.2, 0.25) is 0 Å². The molecular formula is C12H19O8S2+. The van der Waals surface area contributed by atoms with Gasteiger partial charge in [-0.15, -0.1) is 0 Å². The molecule has 8 nitrogen and oxygen atoms in total. The van der Waals surface area contributed by atoms with Crippen LogP contribution in [0.4, 0.5) is 0 Å². The zero-order valence-electron chi connectivity index (χ0n) is 11.7. The molecule has 0 aliphatic heterocycles. The topological polar surface area (TPSA) is 149 Å². The summed E-state index contributed by atoms with van der Waals surface area (Å²) in [5, 5.41) is 33.3. The molecule has 126 valence electrons. The van der Waals surface area contributed by atoms with Crippen LogP contribution in [0.5, 0.6) is 0 Å². The zero-order chi connectivity index (χ0) is 17.3. The van der Waals surface area contributed by atoms with E-state index in [4.69, 9.17) is 10.2 Å². The number of carboxylic acids is 4. The van der Waals surface area contributed by atoms with E-state index in [0.717, 1.165) is 0 Å². The maximum atomic E-state index is 11.2. The molecule has 4 N–H and O–H groups in total. The monoisotopic (exact) mass is 355 g/mol. The summed E-state index contributed by atoms with van der Waals surface area (Å²) in [5.41, 5.74) is 0. The van der Waals surface area contributed by atoms with Gasteiger partial charge in [-0.3, -0.25) is 9.59 Å². The highest BCUT2D eigenvalue weighted by Gasteiger charge is 2.44. The molecule has 0 aromatic carbocycles. The van der Waals surface area contributed by atoms with E-state index in [1.807, 2.05) is 0 Å². The molecule has 0 fully saturated rings. The van der Waals surface area contributed by atoms with Crippen LogP contribution in [0, 0.1) is 0 Å². The first kappa shape index (κ1) is 20.6. The van der Waals surface area contributed by atoms with E-state index in [9.17, 15) is 29.4 Å². The molecule has 0 aromatic rings. The quantitative estimate of drug-likeness (QED) is 0.197. The SMILES string of the molecule is O=C(O)CCCC(C(=O)O)[S+](S)C(CCCC(=O)O)C(=O)O. The summed E-state index contributed by atoms with van der Waals surface area (Å²) in [4.78, 5) is 43.4. The fourth-order valence-electron chi connectivity index (χ4n) is 1.77. The van der Waals surface area contributed by atoms with Gasteiger partial charge in [-0.2, -0.15) is 0 Å². The first-order valence-corrected chi connectivity index (χ1v) is 8.87. The minimum atomic E-state index is -1.33. The molecule has 22 heavy (non-hydrogen) atoms. The summed E-state index contributed by atoms with van der Waals surface area (Å²) in [6.45, 7) is 0. The van der Waals surface area contributed by atoms with Gasteiger partial charge in [0.25, 0.3) is 0 Å². The molecule has 0 bridgehead atoms. The molecule has 2 atom stereocenters. The van der Waals surface area contributed by atoms with E-state index in [1.165, 1.54) is 0 Å². The molecule has 2 unspecified atom stereocenters. The van der Waals surface area contributed by atoms with Crippen molar-refractivity contribution in [1.82, 2.24) is 0 Å². The molecule has 0 heterocycles. The fraction of sp³-hybridized carbons (Fsp3) is 0.667. The Morgan fingerprint density at radius 2 is 1.09 bits per heavy atom. The Morgan fingerprint density at radius 1 is 0.773 bits per heavy atom. The second-order valence-corrected chi connectivity index (χ2v) is 7.67. The van der Waals surface area contributed by atoms with Crippen molar-refractivity contribution in [3.8, 4) is 0 Å². The molecule has 0 aliphatic rings. The van der Waals surface area contributed by atoms with E-state index in [-0.39, 0.29) is 38.5 Å². The van der Waals surface area contributed by atoms with E-state index in [0.29, 0.717) is 0 Å². The van der Waals surface area contributed by atoms with Crippen molar-refractivity contribution in [2.24, 2.45) is 0 Å². The minimum Gasteiger partial charge on any atom is -0.481 e. The van der Waals surface area contributed by atoms with Crippen molar-refractivity contribution in [3.63, 3.8) is 0 Å². The van der Waals surface area contributed by atoms with Crippen molar-refractivity contribution in [1.29, 1.82) is 0 Å². The summed E-state index contributed by atoms with van der Waals surface area (Å²) in [6.07, 6.45) is -0.166. The molecule has 0 rings (SSSR count). The summed E-state index contributed by atoms with van der Waals surface area (Å²) < 4.78 is 0. The van der Waals surface area contributed by atoms with Crippen molar-refractivity contribution in [3.05, 3.63) is 0 Å². The maximum Gasteiger partial charge on any atom is 0.358 e. The second kappa shape index (κ2) is 10.3. The number of hydrogen-bond donors (Lipinski definition) is 5. The third kappa shape index (κ3) is 8.13. The van der Waals surface area contributed by atoms with E-state index in [2.05, 4.69) is 11.7 Å². The van der Waals surface area contributed by atoms with Crippen LogP contribution in [-0.2, 0) is 29.1 Å². The van der Waals surface area contributed by atoms with E-state index >= 15 is 0 Å². The largest absolute Gasteiger partial charge is 0.481 e. The predicted molar refractivity (Wildman–Crippen MR) is 82.2 cm³/mol. The van der Waals surface area contributed by atoms with Gasteiger partial charge >= 0.3 is 23.9 Å². The summed E-state index contributed by atoms with van der Waals surface area (Å²) in [7, 11) is -1.33. The molecule has 0 aromatic heterocycles. The lowest BCUT2D eigenvalue weighted by molar-refractivity contribution is -0.139. The van der Waals surface area contributed by atoms with Crippen LogP contribution in [0.25, 0.3) is 0 Å². The highest BCUT2D eigenvalue weighted by molar-refractivity contribution is 8.66. The van der Waals surface area contributed by atoms with Gasteiger partial charge in [-0.25, -0.2) is 9.59 Å². The lowest BCUT2D eigenvalue weighted by Crippen LogP contribution is -2.38. The lowest BCUT2D eigenvalue weighted by atomic mass is 10.2. The van der Waals surface area contributed by atoms with E-state index < -0.39 is 44.3 Å². The molecule has 0 aliphatic carbocycles. The Balaban J connectivity index is 4.76. The third-order valence-electron chi connectivity index (χ3n) is 2.85. The fourth-order valence-corrected chi connectivity index (χ4v) is 4.57. The normalized spacial score (nSPS) is 14.8. The summed E-state index contributed by atoms with van der Waals surface area (Å²) >= 11 is 4.12. The molecular weight excluding hydrogens is 336 g/mol. The maximum absolute atomic E-state index is 11.2. The molecule has 10 heteroatoms. The number of carbonyl (C=O) groups is 4. The molecule has 0 spiro atoms. The van der Waals surface area contributed by atoms with Crippen LogP contribution in [-0.4, -0.2) is 54.8 Å². The number of aliphatic carboxylic acids is 4. The average Bonchev–Trinajstić information content (AvgIpc) is 2.37. The smallest absolute Gasteiger partial charge is 0.358 e. The van der Waals surface area contributed by atoms with Gasteiger partial charge in [-0.05, 0) is 12.8 Å².